The van der Waals surface area contributed by atoms with E-state index in [0.717, 1.165) is 0 Å². The lowest BCUT2D eigenvalue weighted by molar-refractivity contribution is -0.155. The second-order valence-corrected chi connectivity index (χ2v) is 6.36. The van der Waals surface area contributed by atoms with E-state index in [1.807, 2.05) is 6.92 Å². The number of rotatable bonds is 1. The van der Waals surface area contributed by atoms with Crippen molar-refractivity contribution in [1.82, 2.24) is 0 Å². The van der Waals surface area contributed by atoms with Gasteiger partial charge < -0.3 is 20.1 Å². The van der Waals surface area contributed by atoms with Crippen molar-refractivity contribution in [2.45, 2.75) is 38.1 Å². The Labute approximate surface area is 117 Å². The van der Waals surface area contributed by atoms with E-state index in [2.05, 4.69) is 6.58 Å². The lowest BCUT2D eigenvalue weighted by atomic mass is 9.54. The predicted octanol–water partition coefficient (Wildman–Crippen LogP) is 0.155. The molecule has 0 radical (unpaired) electrons. The third kappa shape index (κ3) is 1.63. The van der Waals surface area contributed by atoms with Crippen molar-refractivity contribution in [2.75, 3.05) is 6.61 Å². The molecule has 0 amide bonds. The fourth-order valence-corrected chi connectivity index (χ4v) is 4.19. The van der Waals surface area contributed by atoms with Gasteiger partial charge in [-0.25, -0.2) is 4.79 Å². The smallest absolute Gasteiger partial charge is 0.334 e. The minimum Gasteiger partial charge on any atom is -0.458 e. The van der Waals surface area contributed by atoms with E-state index in [-0.39, 0.29) is 24.4 Å². The van der Waals surface area contributed by atoms with Crippen molar-refractivity contribution in [2.24, 2.45) is 17.3 Å². The molecular weight excluding hydrogens is 260 g/mol. The fraction of sp³-hybridized carbons (Fsp3) is 0.667. The molecule has 0 spiro atoms. The number of hydrogen-bond acceptors (Lipinski definition) is 5. The summed E-state index contributed by atoms with van der Waals surface area (Å²) in [5.74, 6) is -0.715. The summed E-state index contributed by atoms with van der Waals surface area (Å²) in [5, 5.41) is 29.9. The van der Waals surface area contributed by atoms with E-state index in [0.29, 0.717) is 24.0 Å². The molecule has 2 aliphatic carbocycles. The summed E-state index contributed by atoms with van der Waals surface area (Å²) in [7, 11) is 0. The minimum absolute atomic E-state index is 0.0574. The molecule has 0 aromatic heterocycles. The molecule has 3 rings (SSSR count). The second kappa shape index (κ2) is 4.41. The maximum Gasteiger partial charge on any atom is 0.334 e. The van der Waals surface area contributed by atoms with Crippen LogP contribution < -0.4 is 0 Å². The zero-order chi connectivity index (χ0) is 14.7. The van der Waals surface area contributed by atoms with Gasteiger partial charge in [-0.3, -0.25) is 0 Å². The SMILES string of the molecule is C=C1C(=O)OC2C1CCC1(C)C(O)C(O)C=C(CO)C21. The van der Waals surface area contributed by atoms with E-state index in [4.69, 9.17) is 4.74 Å². The standard InChI is InChI=1S/C15H20O5/c1-7-9-3-4-15(2)11(12(9)20-14(7)19)8(6-16)5-10(17)13(15)18/h5,9-13,16-18H,1,3-4,6H2,2H3. The normalized spacial score (nSPS) is 47.4. The van der Waals surface area contributed by atoms with Gasteiger partial charge in [-0.05, 0) is 18.4 Å². The van der Waals surface area contributed by atoms with Crippen molar-refractivity contribution in [1.29, 1.82) is 0 Å². The summed E-state index contributed by atoms with van der Waals surface area (Å²) in [4.78, 5) is 11.7. The van der Waals surface area contributed by atoms with Crippen LogP contribution in [0.4, 0.5) is 0 Å². The number of aliphatic hydroxyl groups is 3. The molecule has 5 nitrogen and oxygen atoms in total. The Balaban J connectivity index is 2.06. The second-order valence-electron chi connectivity index (χ2n) is 6.36. The van der Waals surface area contributed by atoms with Crippen LogP contribution in [0, 0.1) is 17.3 Å². The number of aliphatic hydroxyl groups excluding tert-OH is 3. The van der Waals surface area contributed by atoms with Crippen LogP contribution in [0.3, 0.4) is 0 Å². The van der Waals surface area contributed by atoms with Gasteiger partial charge in [-0.15, -0.1) is 0 Å². The Morgan fingerprint density at radius 3 is 2.85 bits per heavy atom. The van der Waals surface area contributed by atoms with Crippen molar-refractivity contribution < 1.29 is 24.9 Å². The molecule has 1 aliphatic heterocycles. The summed E-state index contributed by atoms with van der Waals surface area (Å²) in [6.07, 6.45) is 0.546. The van der Waals surface area contributed by atoms with Gasteiger partial charge in [0.2, 0.25) is 0 Å². The van der Waals surface area contributed by atoms with Gasteiger partial charge in [0, 0.05) is 22.8 Å². The van der Waals surface area contributed by atoms with E-state index in [9.17, 15) is 20.1 Å². The Bertz CT molecular complexity index is 496. The average molecular weight is 280 g/mol. The minimum atomic E-state index is -0.991. The van der Waals surface area contributed by atoms with Crippen LogP contribution in [0.2, 0.25) is 0 Å². The van der Waals surface area contributed by atoms with Crippen LogP contribution in [0.15, 0.2) is 23.8 Å². The molecule has 2 fully saturated rings. The highest BCUT2D eigenvalue weighted by atomic mass is 16.6. The first kappa shape index (κ1) is 13.8. The first-order valence-electron chi connectivity index (χ1n) is 6.97. The highest BCUT2D eigenvalue weighted by molar-refractivity contribution is 5.91. The molecule has 3 N–H and O–H groups in total. The molecule has 1 saturated heterocycles. The van der Waals surface area contributed by atoms with Crippen molar-refractivity contribution in [3.8, 4) is 0 Å². The maximum atomic E-state index is 11.7. The van der Waals surface area contributed by atoms with E-state index in [1.54, 1.807) is 0 Å². The van der Waals surface area contributed by atoms with Crippen LogP contribution in [0.5, 0.6) is 0 Å². The first-order chi connectivity index (χ1) is 9.40. The molecule has 1 heterocycles. The predicted molar refractivity (Wildman–Crippen MR) is 70.5 cm³/mol. The number of carbonyl (C=O) groups excluding carboxylic acids is 1. The molecule has 1 saturated carbocycles. The van der Waals surface area contributed by atoms with Gasteiger partial charge >= 0.3 is 5.97 Å². The molecule has 0 aromatic carbocycles. The average Bonchev–Trinajstić information content (AvgIpc) is 2.70. The van der Waals surface area contributed by atoms with E-state index >= 15 is 0 Å². The van der Waals surface area contributed by atoms with Crippen LogP contribution in [-0.2, 0) is 9.53 Å². The third-order valence-electron chi connectivity index (χ3n) is 5.35. The molecule has 0 bridgehead atoms. The van der Waals surface area contributed by atoms with Crippen LogP contribution >= 0.6 is 0 Å². The van der Waals surface area contributed by atoms with Crippen LogP contribution in [-0.4, -0.2) is 46.2 Å². The highest BCUT2D eigenvalue weighted by Gasteiger charge is 2.59. The Morgan fingerprint density at radius 1 is 1.50 bits per heavy atom. The number of hydrogen-bond donors (Lipinski definition) is 3. The molecule has 5 heteroatoms. The van der Waals surface area contributed by atoms with Gasteiger partial charge in [-0.2, -0.15) is 0 Å². The Kier molecular flexibility index (Phi) is 3.04. The van der Waals surface area contributed by atoms with Gasteiger partial charge in [0.15, 0.2) is 0 Å². The number of carbonyl (C=O) groups is 1. The zero-order valence-electron chi connectivity index (χ0n) is 11.5. The topological polar surface area (TPSA) is 87.0 Å². The highest BCUT2D eigenvalue weighted by Crippen LogP contribution is 2.56. The summed E-state index contributed by atoms with van der Waals surface area (Å²) < 4.78 is 5.44. The number of esters is 1. The molecule has 6 atom stereocenters. The van der Waals surface area contributed by atoms with Gasteiger partial charge in [0.05, 0.1) is 18.8 Å². The third-order valence-corrected chi connectivity index (χ3v) is 5.35. The van der Waals surface area contributed by atoms with Crippen LogP contribution in [0.25, 0.3) is 0 Å². The number of ether oxygens (including phenoxy) is 1. The summed E-state index contributed by atoms with van der Waals surface area (Å²) in [6.45, 7) is 5.47. The molecule has 3 aliphatic rings. The molecule has 20 heavy (non-hydrogen) atoms. The Hall–Kier alpha value is -1.17. The quantitative estimate of drug-likeness (QED) is 0.362. The number of fused-ring (bicyclic) bond motifs is 3. The fourth-order valence-electron chi connectivity index (χ4n) is 4.19. The lowest BCUT2D eigenvalue weighted by Gasteiger charge is -2.52. The molecule has 0 aromatic rings. The first-order valence-corrected chi connectivity index (χ1v) is 6.97. The molecular formula is C15H20O5. The van der Waals surface area contributed by atoms with Gasteiger partial charge in [0.25, 0.3) is 0 Å². The van der Waals surface area contributed by atoms with Crippen molar-refractivity contribution >= 4 is 5.97 Å². The van der Waals surface area contributed by atoms with Crippen molar-refractivity contribution in [3.05, 3.63) is 23.8 Å². The van der Waals surface area contributed by atoms with E-state index in [1.165, 1.54) is 6.08 Å². The Morgan fingerprint density at radius 2 is 2.20 bits per heavy atom. The molecule has 6 unspecified atom stereocenters. The summed E-state index contributed by atoms with van der Waals surface area (Å²) in [5.41, 5.74) is 0.524. The van der Waals surface area contributed by atoms with Crippen molar-refractivity contribution in [3.63, 3.8) is 0 Å². The van der Waals surface area contributed by atoms with Crippen LogP contribution in [0.1, 0.15) is 19.8 Å². The molecule has 110 valence electrons. The maximum absolute atomic E-state index is 11.7. The summed E-state index contributed by atoms with van der Waals surface area (Å²) in [6, 6.07) is 0. The van der Waals surface area contributed by atoms with E-state index < -0.39 is 23.7 Å². The summed E-state index contributed by atoms with van der Waals surface area (Å²) >= 11 is 0. The zero-order valence-corrected chi connectivity index (χ0v) is 11.5. The monoisotopic (exact) mass is 280 g/mol. The van der Waals surface area contributed by atoms with Gasteiger partial charge in [-0.1, -0.05) is 19.6 Å². The lowest BCUT2D eigenvalue weighted by Crippen LogP contribution is -2.57. The largest absolute Gasteiger partial charge is 0.458 e. The van der Waals surface area contributed by atoms with Gasteiger partial charge in [0.1, 0.15) is 6.10 Å².